The lowest BCUT2D eigenvalue weighted by Crippen LogP contribution is -2.36. The maximum Gasteiger partial charge on any atom is 0.116 e. The third kappa shape index (κ3) is 8.30. The van der Waals surface area contributed by atoms with E-state index in [1.165, 1.54) is 85.9 Å². The maximum atomic E-state index is 2.52. The van der Waals surface area contributed by atoms with E-state index in [2.05, 4.69) is 222 Å². The molecule has 0 radical (unpaired) electrons. The van der Waals surface area contributed by atoms with E-state index in [0.29, 0.717) is 5.92 Å². The number of rotatable bonds is 13. The molecule has 7 aromatic carbocycles. The first kappa shape index (κ1) is 40.2. The van der Waals surface area contributed by atoms with Gasteiger partial charge >= 0.3 is 0 Å². The first-order valence-corrected chi connectivity index (χ1v) is 25.6. The summed E-state index contributed by atoms with van der Waals surface area (Å²) in [7, 11) is -4.04. The van der Waals surface area contributed by atoms with Crippen molar-refractivity contribution in [3.8, 4) is 11.1 Å². The molecule has 7 aromatic rings. The summed E-state index contributed by atoms with van der Waals surface area (Å²) < 4.78 is 0. The first-order valence-electron chi connectivity index (χ1n) is 21.7. The van der Waals surface area contributed by atoms with E-state index in [4.69, 9.17) is 0 Å². The highest BCUT2D eigenvalue weighted by Crippen LogP contribution is 2.60. The Labute approximate surface area is 350 Å². The zero-order valence-electron chi connectivity index (χ0n) is 34.9. The van der Waals surface area contributed by atoms with Gasteiger partial charge in [-0.25, -0.2) is 0 Å². The predicted molar refractivity (Wildman–Crippen MR) is 259 cm³/mol. The van der Waals surface area contributed by atoms with Crippen molar-refractivity contribution in [2.45, 2.75) is 65.5 Å². The highest BCUT2D eigenvalue weighted by atomic mass is 31.2. The van der Waals surface area contributed by atoms with Gasteiger partial charge in [0.05, 0.1) is 12.3 Å². The second-order valence-corrected chi connectivity index (χ2v) is 24.3. The van der Waals surface area contributed by atoms with Crippen LogP contribution < -0.4 is 31.8 Å². The van der Waals surface area contributed by atoms with Gasteiger partial charge in [0.15, 0.2) is 0 Å². The van der Waals surface area contributed by atoms with Crippen molar-refractivity contribution >= 4 is 46.4 Å². The summed E-state index contributed by atoms with van der Waals surface area (Å²) in [6, 6.07) is 74.6. The van der Waals surface area contributed by atoms with Gasteiger partial charge in [0.2, 0.25) is 0 Å². The summed E-state index contributed by atoms with van der Waals surface area (Å²) in [5, 5.41) is 8.77. The lowest BCUT2D eigenvalue weighted by molar-refractivity contribution is 0.236. The predicted octanol–water partition coefficient (Wildman–Crippen LogP) is 12.7. The molecule has 1 fully saturated rings. The topological polar surface area (TPSA) is 0 Å². The van der Waals surface area contributed by atoms with Crippen LogP contribution in [0.2, 0.25) is 0 Å². The molecule has 0 saturated heterocycles. The molecule has 1 aliphatic carbocycles. The highest BCUT2D eigenvalue weighted by molar-refractivity contribution is 7.96. The van der Waals surface area contributed by atoms with Gasteiger partial charge < -0.3 is 0 Å². The maximum absolute atomic E-state index is 2.52. The molecule has 0 aromatic heterocycles. The Balaban J connectivity index is 1.23. The van der Waals surface area contributed by atoms with E-state index in [1.54, 1.807) is 0 Å². The Kier molecular flexibility index (Phi) is 12.6. The second kappa shape index (κ2) is 18.1. The smallest absolute Gasteiger partial charge is 0.0625 e. The standard InChI is InChI=1S/C56H60P2/c1-43(2)47-32-28-45(29-33-47)41-57(51-19-9-5-10-20-51,52-21-11-6-12-22-52)55-38-36-49(37-39-55)50-18-17-27-56(40-50)58(53-23-13-7-14-24-53,54-25-15-8-16-26-54)42-46-30-34-48(35-31-46)44(3)4/h5-27,30-31,34-40,43-45,47H,28-29,32-33,41-42H2,1-4H3/q+2. The van der Waals surface area contributed by atoms with Gasteiger partial charge in [-0.3, -0.25) is 0 Å². The SMILES string of the molecule is CC(C)c1ccc(C[P+](c2ccccc2)(c2ccccc2)c2cccc(-c3ccc([P+](CC4CCC(C(C)C)CC4)(c4ccccc4)c4ccccc4)cc3)c2)cc1. The van der Waals surface area contributed by atoms with E-state index in [0.717, 1.165) is 23.9 Å². The number of hydrogen-bond acceptors (Lipinski definition) is 0. The second-order valence-electron chi connectivity index (χ2n) is 17.3. The molecule has 0 heterocycles. The molecular formula is C56H60P2+2. The van der Waals surface area contributed by atoms with E-state index in [9.17, 15) is 0 Å². The Morgan fingerprint density at radius 2 is 0.862 bits per heavy atom. The first-order chi connectivity index (χ1) is 28.4. The quantitative estimate of drug-likeness (QED) is 0.102. The van der Waals surface area contributed by atoms with Gasteiger partial charge in [-0.05, 0) is 144 Å². The molecule has 0 atom stereocenters. The molecule has 0 spiro atoms. The number of hydrogen-bond donors (Lipinski definition) is 0. The summed E-state index contributed by atoms with van der Waals surface area (Å²) in [6.07, 6.45) is 7.61. The van der Waals surface area contributed by atoms with E-state index in [1.807, 2.05) is 0 Å². The van der Waals surface area contributed by atoms with Crippen LogP contribution in [0.15, 0.2) is 194 Å². The zero-order valence-corrected chi connectivity index (χ0v) is 36.7. The lowest BCUT2D eigenvalue weighted by atomic mass is 9.77. The van der Waals surface area contributed by atoms with Crippen LogP contribution in [0.5, 0.6) is 0 Å². The fourth-order valence-corrected chi connectivity index (χ4v) is 18.7. The molecule has 2 heteroatoms. The molecular weight excluding hydrogens is 735 g/mol. The van der Waals surface area contributed by atoms with Crippen LogP contribution >= 0.6 is 14.5 Å². The average Bonchev–Trinajstić information content (AvgIpc) is 3.29. The Hall–Kier alpha value is -4.60. The normalized spacial score (nSPS) is 16.1. The van der Waals surface area contributed by atoms with E-state index in [-0.39, 0.29) is 0 Å². The molecule has 58 heavy (non-hydrogen) atoms. The van der Waals surface area contributed by atoms with Crippen LogP contribution in [0.25, 0.3) is 11.1 Å². The number of benzene rings is 7. The van der Waals surface area contributed by atoms with E-state index >= 15 is 0 Å². The largest absolute Gasteiger partial charge is 0.116 e. The summed E-state index contributed by atoms with van der Waals surface area (Å²) in [6.45, 7) is 9.40. The summed E-state index contributed by atoms with van der Waals surface area (Å²) in [5.41, 5.74) is 5.34. The third-order valence-corrected chi connectivity index (χ3v) is 22.1. The monoisotopic (exact) mass is 794 g/mol. The Morgan fingerprint density at radius 3 is 1.33 bits per heavy atom. The van der Waals surface area contributed by atoms with Crippen molar-refractivity contribution in [2.75, 3.05) is 6.16 Å². The minimum atomic E-state index is -2.10. The average molecular weight is 795 g/mol. The van der Waals surface area contributed by atoms with Crippen molar-refractivity contribution < 1.29 is 0 Å². The lowest BCUT2D eigenvalue weighted by Gasteiger charge is -2.35. The van der Waals surface area contributed by atoms with Crippen LogP contribution in [-0.2, 0) is 6.16 Å². The molecule has 0 N–H and O–H groups in total. The van der Waals surface area contributed by atoms with Gasteiger partial charge in [0.25, 0.3) is 0 Å². The van der Waals surface area contributed by atoms with Crippen molar-refractivity contribution in [2.24, 2.45) is 17.8 Å². The van der Waals surface area contributed by atoms with Crippen molar-refractivity contribution in [3.05, 3.63) is 205 Å². The molecule has 0 nitrogen and oxygen atoms in total. The van der Waals surface area contributed by atoms with Gasteiger partial charge in [0.1, 0.15) is 46.4 Å². The van der Waals surface area contributed by atoms with Gasteiger partial charge in [-0.1, -0.05) is 149 Å². The van der Waals surface area contributed by atoms with Crippen molar-refractivity contribution in [1.82, 2.24) is 0 Å². The molecule has 0 bridgehead atoms. The van der Waals surface area contributed by atoms with Crippen LogP contribution in [-0.4, -0.2) is 6.16 Å². The van der Waals surface area contributed by atoms with Crippen LogP contribution in [0.1, 0.15) is 70.4 Å². The molecule has 8 rings (SSSR count). The van der Waals surface area contributed by atoms with Crippen LogP contribution in [0.3, 0.4) is 0 Å². The minimum Gasteiger partial charge on any atom is -0.0625 e. The molecule has 0 unspecified atom stereocenters. The molecule has 1 aliphatic rings. The van der Waals surface area contributed by atoms with Gasteiger partial charge in [-0.2, -0.15) is 0 Å². The molecule has 292 valence electrons. The molecule has 1 saturated carbocycles. The fraction of sp³-hybridized carbons (Fsp3) is 0.250. The fourth-order valence-electron chi connectivity index (χ4n) is 9.75. The van der Waals surface area contributed by atoms with Gasteiger partial charge in [-0.15, -0.1) is 0 Å². The third-order valence-electron chi connectivity index (χ3n) is 13.1. The van der Waals surface area contributed by atoms with Crippen molar-refractivity contribution in [3.63, 3.8) is 0 Å². The highest BCUT2D eigenvalue weighted by Gasteiger charge is 2.48. The van der Waals surface area contributed by atoms with Crippen LogP contribution in [0, 0.1) is 17.8 Å². The molecule has 0 amide bonds. The van der Waals surface area contributed by atoms with Gasteiger partial charge in [0, 0.05) is 0 Å². The van der Waals surface area contributed by atoms with E-state index < -0.39 is 14.5 Å². The minimum absolute atomic E-state index is 0.511. The summed E-state index contributed by atoms with van der Waals surface area (Å²) in [5.74, 6) is 2.88. The van der Waals surface area contributed by atoms with Crippen molar-refractivity contribution in [1.29, 1.82) is 0 Å². The Bertz CT molecular complexity index is 2240. The zero-order chi connectivity index (χ0) is 40.0. The summed E-state index contributed by atoms with van der Waals surface area (Å²) >= 11 is 0. The van der Waals surface area contributed by atoms with Crippen LogP contribution in [0.4, 0.5) is 0 Å². The Morgan fingerprint density at radius 1 is 0.414 bits per heavy atom. The summed E-state index contributed by atoms with van der Waals surface area (Å²) in [4.78, 5) is 0. The molecule has 0 aliphatic heterocycles.